The molecule has 1 saturated carbocycles. The second-order valence-electron chi connectivity index (χ2n) is 6.11. The van der Waals surface area contributed by atoms with Crippen molar-refractivity contribution in [1.82, 2.24) is 4.90 Å². The van der Waals surface area contributed by atoms with Gasteiger partial charge in [0.2, 0.25) is 5.91 Å². The zero-order chi connectivity index (χ0) is 14.5. The number of likely N-dealkylation sites (tertiary alicyclic amines) is 1. The Kier molecular flexibility index (Phi) is 3.50. The van der Waals surface area contributed by atoms with Gasteiger partial charge in [-0.2, -0.15) is 0 Å². The predicted octanol–water partition coefficient (Wildman–Crippen LogP) is 3.97. The molecule has 1 amide bonds. The van der Waals surface area contributed by atoms with Gasteiger partial charge >= 0.3 is 0 Å². The maximum absolute atomic E-state index is 12.6. The average molecular weight is 312 g/mol. The quantitative estimate of drug-likeness (QED) is 0.757. The van der Waals surface area contributed by atoms with Crippen molar-refractivity contribution in [3.63, 3.8) is 0 Å². The van der Waals surface area contributed by atoms with Gasteiger partial charge in [0.15, 0.2) is 0 Å². The predicted molar refractivity (Wildman–Crippen MR) is 82.1 cm³/mol. The van der Waals surface area contributed by atoms with Gasteiger partial charge in [0.05, 0.1) is 5.92 Å². The van der Waals surface area contributed by atoms with E-state index in [9.17, 15) is 4.79 Å². The number of alkyl halides is 2. The van der Waals surface area contributed by atoms with E-state index in [0.717, 1.165) is 6.42 Å². The van der Waals surface area contributed by atoms with E-state index in [0.29, 0.717) is 12.3 Å². The molecule has 0 radical (unpaired) electrons. The number of benzene rings is 1. The Morgan fingerprint density at radius 3 is 2.40 bits per heavy atom. The highest BCUT2D eigenvalue weighted by Crippen LogP contribution is 2.55. The fraction of sp³-hybridized carbons (Fsp3) is 0.562. The highest BCUT2D eigenvalue weighted by molar-refractivity contribution is 6.52. The fourth-order valence-electron chi connectivity index (χ4n) is 3.47. The summed E-state index contributed by atoms with van der Waals surface area (Å²) in [4.78, 5) is 14.6. The molecular formula is C16H19Cl2NO. The number of hydrogen-bond donors (Lipinski definition) is 0. The molecule has 1 aromatic carbocycles. The third-order valence-electron chi connectivity index (χ3n) is 4.70. The molecule has 108 valence electrons. The lowest BCUT2D eigenvalue weighted by atomic mass is 9.92. The van der Waals surface area contributed by atoms with Gasteiger partial charge in [-0.1, -0.05) is 30.3 Å². The number of carbonyl (C=O) groups excluding carboxylic acids is 1. The van der Waals surface area contributed by atoms with Crippen molar-refractivity contribution in [3.8, 4) is 0 Å². The lowest BCUT2D eigenvalue weighted by Gasteiger charge is -2.28. The van der Waals surface area contributed by atoms with Crippen LogP contribution in [0, 0.1) is 5.92 Å². The summed E-state index contributed by atoms with van der Waals surface area (Å²) in [5.41, 5.74) is 1.31. The number of nitrogens with zero attached hydrogens (tertiary/aromatic N) is 1. The second kappa shape index (κ2) is 4.92. The molecule has 0 unspecified atom stereocenters. The van der Waals surface area contributed by atoms with E-state index in [1.807, 2.05) is 11.0 Å². The third kappa shape index (κ3) is 2.33. The van der Waals surface area contributed by atoms with E-state index in [2.05, 4.69) is 38.1 Å². The molecule has 0 bridgehead atoms. The Labute approximate surface area is 130 Å². The van der Waals surface area contributed by atoms with Crippen molar-refractivity contribution >= 4 is 29.1 Å². The van der Waals surface area contributed by atoms with E-state index < -0.39 is 4.33 Å². The van der Waals surface area contributed by atoms with Crippen LogP contribution in [0.1, 0.15) is 38.2 Å². The second-order valence-corrected chi connectivity index (χ2v) is 7.65. The average Bonchev–Trinajstić information content (AvgIpc) is 2.95. The first-order valence-corrected chi connectivity index (χ1v) is 7.92. The van der Waals surface area contributed by atoms with Crippen molar-refractivity contribution in [1.29, 1.82) is 0 Å². The van der Waals surface area contributed by atoms with Gasteiger partial charge in [0, 0.05) is 18.0 Å². The first-order valence-electron chi connectivity index (χ1n) is 7.17. The van der Waals surface area contributed by atoms with Crippen LogP contribution >= 0.6 is 23.2 Å². The van der Waals surface area contributed by atoms with Crippen LogP contribution in [-0.2, 0) is 4.79 Å². The molecule has 0 aromatic heterocycles. The zero-order valence-corrected chi connectivity index (χ0v) is 13.2. The summed E-state index contributed by atoms with van der Waals surface area (Å²) in [5, 5.41) is 0. The van der Waals surface area contributed by atoms with Crippen LogP contribution in [0.3, 0.4) is 0 Å². The SMILES string of the molecule is C[C@@H]1C[C@H](c2ccccc2)[C@H](C)N1C(=O)[C@H]1CC1(Cl)Cl. The van der Waals surface area contributed by atoms with Crippen molar-refractivity contribution < 1.29 is 4.79 Å². The molecule has 0 N–H and O–H groups in total. The molecule has 4 heteroatoms. The van der Waals surface area contributed by atoms with Crippen molar-refractivity contribution in [2.24, 2.45) is 5.92 Å². The zero-order valence-electron chi connectivity index (χ0n) is 11.7. The minimum Gasteiger partial charge on any atom is -0.336 e. The molecule has 1 aliphatic heterocycles. The van der Waals surface area contributed by atoms with Crippen LogP contribution in [-0.4, -0.2) is 27.2 Å². The maximum atomic E-state index is 12.6. The maximum Gasteiger partial charge on any atom is 0.229 e. The molecular weight excluding hydrogens is 293 g/mol. The van der Waals surface area contributed by atoms with Crippen molar-refractivity contribution in [2.75, 3.05) is 0 Å². The van der Waals surface area contributed by atoms with Gasteiger partial charge < -0.3 is 4.90 Å². The Morgan fingerprint density at radius 1 is 1.25 bits per heavy atom. The number of carbonyl (C=O) groups is 1. The Balaban J connectivity index is 1.79. The van der Waals surface area contributed by atoms with E-state index in [4.69, 9.17) is 23.2 Å². The van der Waals surface area contributed by atoms with Gasteiger partial charge in [0.25, 0.3) is 0 Å². The van der Waals surface area contributed by atoms with Crippen molar-refractivity contribution in [2.45, 2.75) is 49.0 Å². The lowest BCUT2D eigenvalue weighted by Crippen LogP contribution is -2.41. The first-order chi connectivity index (χ1) is 9.42. The molecule has 0 spiro atoms. The molecule has 1 aromatic rings. The number of halogens is 2. The number of amides is 1. The molecule has 2 fully saturated rings. The van der Waals surface area contributed by atoms with E-state index in [1.165, 1.54) is 5.56 Å². The van der Waals surface area contributed by atoms with E-state index in [-0.39, 0.29) is 23.9 Å². The first kappa shape index (κ1) is 14.2. The minimum absolute atomic E-state index is 0.119. The Bertz CT molecular complexity index is 516. The molecule has 2 aliphatic rings. The lowest BCUT2D eigenvalue weighted by molar-refractivity contribution is -0.135. The van der Waals surface area contributed by atoms with Crippen LogP contribution in [0.2, 0.25) is 0 Å². The molecule has 1 saturated heterocycles. The summed E-state index contributed by atoms with van der Waals surface area (Å²) in [6, 6.07) is 10.9. The molecule has 3 rings (SSSR count). The molecule has 4 atom stereocenters. The Morgan fingerprint density at radius 2 is 1.85 bits per heavy atom. The van der Waals surface area contributed by atoms with E-state index in [1.54, 1.807) is 0 Å². The van der Waals surface area contributed by atoms with E-state index >= 15 is 0 Å². The molecule has 1 aliphatic carbocycles. The van der Waals surface area contributed by atoms with Crippen LogP contribution in [0.4, 0.5) is 0 Å². The number of rotatable bonds is 2. The van der Waals surface area contributed by atoms with Gasteiger partial charge in [-0.15, -0.1) is 23.2 Å². The van der Waals surface area contributed by atoms with Crippen LogP contribution in [0.5, 0.6) is 0 Å². The van der Waals surface area contributed by atoms with Crippen LogP contribution in [0.15, 0.2) is 30.3 Å². The topological polar surface area (TPSA) is 20.3 Å². The fourth-order valence-corrected chi connectivity index (χ4v) is 3.96. The third-order valence-corrected chi connectivity index (χ3v) is 5.53. The van der Waals surface area contributed by atoms with Gasteiger partial charge in [-0.05, 0) is 32.3 Å². The summed E-state index contributed by atoms with van der Waals surface area (Å²) in [5.74, 6) is 0.299. The monoisotopic (exact) mass is 311 g/mol. The van der Waals surface area contributed by atoms with Gasteiger partial charge in [-0.25, -0.2) is 0 Å². The summed E-state index contributed by atoms with van der Waals surface area (Å²) >= 11 is 12.1. The normalized spacial score (nSPS) is 35.1. The summed E-state index contributed by atoms with van der Waals surface area (Å²) < 4.78 is -0.832. The van der Waals surface area contributed by atoms with Crippen LogP contribution < -0.4 is 0 Å². The van der Waals surface area contributed by atoms with Crippen LogP contribution in [0.25, 0.3) is 0 Å². The molecule has 2 nitrogen and oxygen atoms in total. The smallest absolute Gasteiger partial charge is 0.229 e. The minimum atomic E-state index is -0.832. The number of hydrogen-bond acceptors (Lipinski definition) is 1. The van der Waals surface area contributed by atoms with Gasteiger partial charge in [0.1, 0.15) is 4.33 Å². The summed E-state index contributed by atoms with van der Waals surface area (Å²) in [7, 11) is 0. The standard InChI is InChI=1S/C16H19Cl2NO/c1-10-8-13(12-6-4-3-5-7-12)11(2)19(10)15(20)14-9-16(14,17)18/h3-7,10-11,13-14H,8-9H2,1-2H3/t10-,11+,13+,14-/m1/s1. The molecule has 20 heavy (non-hydrogen) atoms. The summed E-state index contributed by atoms with van der Waals surface area (Å²) in [6.07, 6.45) is 1.59. The van der Waals surface area contributed by atoms with Crippen molar-refractivity contribution in [3.05, 3.63) is 35.9 Å². The summed E-state index contributed by atoms with van der Waals surface area (Å²) in [6.45, 7) is 4.25. The highest BCUT2D eigenvalue weighted by Gasteiger charge is 2.59. The largest absolute Gasteiger partial charge is 0.336 e. The molecule has 1 heterocycles. The van der Waals surface area contributed by atoms with Gasteiger partial charge in [-0.3, -0.25) is 4.79 Å². The Hall–Kier alpha value is -0.730. The highest BCUT2D eigenvalue weighted by atomic mass is 35.5.